The Kier molecular flexibility index (Phi) is 3.72. The van der Waals surface area contributed by atoms with Gasteiger partial charge in [0.05, 0.1) is 18.2 Å². The molecule has 0 aliphatic heterocycles. The third-order valence-electron chi connectivity index (χ3n) is 5.38. The number of methoxy groups -OCH3 is 1. The smallest absolute Gasteiger partial charge is 0.201 e. The number of aromatic hydroxyl groups is 1. The summed E-state index contributed by atoms with van der Waals surface area (Å²) in [6.07, 6.45) is 3.56. The molecule has 0 unspecified atom stereocenters. The third-order valence-corrected chi connectivity index (χ3v) is 5.38. The first-order valence-electron chi connectivity index (χ1n) is 8.79. The van der Waals surface area contributed by atoms with Gasteiger partial charge in [0.2, 0.25) is 5.78 Å². The minimum Gasteiger partial charge on any atom is -0.507 e. The minimum absolute atomic E-state index is 0.0635. The van der Waals surface area contributed by atoms with Gasteiger partial charge in [-0.05, 0) is 36.5 Å². The number of hydrogen-bond acceptors (Lipinski definition) is 4. The van der Waals surface area contributed by atoms with Crippen molar-refractivity contribution in [2.24, 2.45) is 5.92 Å². The Balaban J connectivity index is 1.98. The fraction of sp³-hybridized carbons (Fsp3) is 0.273. The number of phenolic OH excluding ortho intramolecular Hbond substituents is 1. The molecule has 0 bridgehead atoms. The lowest BCUT2D eigenvalue weighted by molar-refractivity contribution is 0.0974. The van der Waals surface area contributed by atoms with Crippen molar-refractivity contribution in [2.75, 3.05) is 7.11 Å². The highest BCUT2D eigenvalue weighted by molar-refractivity contribution is 6.30. The SMILES string of the molecule is COc1cccc2c1C(=O)c1c(cc3c(c1O)CCC(C(C)C)=C3)C2=O. The summed E-state index contributed by atoms with van der Waals surface area (Å²) in [6, 6.07) is 6.74. The van der Waals surface area contributed by atoms with Crippen molar-refractivity contribution in [3.8, 4) is 11.5 Å². The number of hydrogen-bond donors (Lipinski definition) is 1. The number of carbonyl (C=O) groups is 2. The van der Waals surface area contributed by atoms with E-state index in [1.807, 2.05) is 6.08 Å². The summed E-state index contributed by atoms with van der Waals surface area (Å²) in [6.45, 7) is 4.26. The van der Waals surface area contributed by atoms with E-state index in [0.29, 0.717) is 23.7 Å². The highest BCUT2D eigenvalue weighted by Gasteiger charge is 2.36. The average Bonchev–Trinajstić information content (AvgIpc) is 2.64. The molecular weight excluding hydrogens is 328 g/mol. The summed E-state index contributed by atoms with van der Waals surface area (Å²) >= 11 is 0. The summed E-state index contributed by atoms with van der Waals surface area (Å²) in [4.78, 5) is 26.1. The normalized spacial score (nSPS) is 15.3. The number of allylic oxidation sites excluding steroid dienone is 1. The summed E-state index contributed by atoms with van der Waals surface area (Å²) < 4.78 is 5.28. The van der Waals surface area contributed by atoms with Gasteiger partial charge < -0.3 is 9.84 Å². The molecular formula is C22H20O4. The van der Waals surface area contributed by atoms with E-state index in [9.17, 15) is 14.7 Å². The summed E-state index contributed by atoms with van der Waals surface area (Å²) in [5.41, 5.74) is 3.80. The molecule has 2 aliphatic carbocycles. The van der Waals surface area contributed by atoms with Gasteiger partial charge in [-0.1, -0.05) is 37.6 Å². The lowest BCUT2D eigenvalue weighted by atomic mass is 9.78. The quantitative estimate of drug-likeness (QED) is 0.755. The van der Waals surface area contributed by atoms with E-state index in [-0.39, 0.29) is 34.0 Å². The van der Waals surface area contributed by atoms with Crippen LogP contribution in [0.25, 0.3) is 6.08 Å². The Morgan fingerprint density at radius 1 is 1.04 bits per heavy atom. The predicted octanol–water partition coefficient (Wildman–Crippen LogP) is 4.16. The van der Waals surface area contributed by atoms with Gasteiger partial charge in [0, 0.05) is 16.7 Å². The molecule has 0 amide bonds. The zero-order valence-electron chi connectivity index (χ0n) is 15.1. The Bertz CT molecular complexity index is 996. The molecule has 4 heteroatoms. The van der Waals surface area contributed by atoms with Gasteiger partial charge in [-0.25, -0.2) is 0 Å². The van der Waals surface area contributed by atoms with Crippen LogP contribution in [0.1, 0.15) is 63.2 Å². The molecule has 0 radical (unpaired) electrons. The van der Waals surface area contributed by atoms with E-state index in [0.717, 1.165) is 17.5 Å². The second kappa shape index (κ2) is 5.84. The zero-order chi connectivity index (χ0) is 18.6. The second-order valence-electron chi connectivity index (χ2n) is 7.13. The summed E-state index contributed by atoms with van der Waals surface area (Å²) in [5.74, 6) is 0.0865. The highest BCUT2D eigenvalue weighted by Crippen LogP contribution is 2.42. The maximum Gasteiger partial charge on any atom is 0.201 e. The summed E-state index contributed by atoms with van der Waals surface area (Å²) in [5, 5.41) is 10.8. The number of rotatable bonds is 2. The fourth-order valence-corrected chi connectivity index (χ4v) is 3.92. The van der Waals surface area contributed by atoms with Crippen LogP contribution in [0.5, 0.6) is 11.5 Å². The van der Waals surface area contributed by atoms with E-state index < -0.39 is 0 Å². The molecule has 2 aromatic rings. The first kappa shape index (κ1) is 16.6. The molecule has 1 N–H and O–H groups in total. The van der Waals surface area contributed by atoms with Gasteiger partial charge in [0.25, 0.3) is 0 Å². The van der Waals surface area contributed by atoms with E-state index in [1.165, 1.54) is 12.7 Å². The lowest BCUT2D eigenvalue weighted by Crippen LogP contribution is -2.23. The summed E-state index contributed by atoms with van der Waals surface area (Å²) in [7, 11) is 1.47. The predicted molar refractivity (Wildman–Crippen MR) is 99.1 cm³/mol. The number of ketones is 2. The number of phenols is 1. The van der Waals surface area contributed by atoms with Gasteiger partial charge in [0.15, 0.2) is 5.78 Å². The molecule has 0 atom stereocenters. The van der Waals surface area contributed by atoms with Crippen molar-refractivity contribution in [3.63, 3.8) is 0 Å². The maximum absolute atomic E-state index is 13.1. The van der Waals surface area contributed by atoms with Crippen LogP contribution in [-0.4, -0.2) is 23.8 Å². The van der Waals surface area contributed by atoms with Crippen LogP contribution in [0.3, 0.4) is 0 Å². The fourth-order valence-electron chi connectivity index (χ4n) is 3.92. The highest BCUT2D eigenvalue weighted by atomic mass is 16.5. The van der Waals surface area contributed by atoms with Crippen LogP contribution in [0.15, 0.2) is 29.8 Å². The Morgan fingerprint density at radius 2 is 1.81 bits per heavy atom. The molecule has 0 saturated heterocycles. The van der Waals surface area contributed by atoms with Gasteiger partial charge in [-0.2, -0.15) is 0 Å². The van der Waals surface area contributed by atoms with Crippen LogP contribution in [0.2, 0.25) is 0 Å². The molecule has 4 rings (SSSR count). The van der Waals surface area contributed by atoms with Gasteiger partial charge >= 0.3 is 0 Å². The molecule has 0 aromatic heterocycles. The van der Waals surface area contributed by atoms with Crippen LogP contribution < -0.4 is 4.74 Å². The largest absolute Gasteiger partial charge is 0.507 e. The van der Waals surface area contributed by atoms with Crippen molar-refractivity contribution in [1.82, 2.24) is 0 Å². The Morgan fingerprint density at radius 3 is 2.50 bits per heavy atom. The lowest BCUT2D eigenvalue weighted by Gasteiger charge is -2.25. The maximum atomic E-state index is 13.1. The zero-order valence-corrected chi connectivity index (χ0v) is 15.1. The van der Waals surface area contributed by atoms with E-state index in [1.54, 1.807) is 24.3 Å². The molecule has 2 aromatic carbocycles. The third kappa shape index (κ3) is 2.22. The van der Waals surface area contributed by atoms with Gasteiger partial charge in [-0.15, -0.1) is 0 Å². The molecule has 26 heavy (non-hydrogen) atoms. The van der Waals surface area contributed by atoms with E-state index in [4.69, 9.17) is 4.74 Å². The Hall–Kier alpha value is -2.88. The van der Waals surface area contributed by atoms with Crippen LogP contribution in [0, 0.1) is 5.92 Å². The molecule has 2 aliphatic rings. The van der Waals surface area contributed by atoms with Crippen molar-refractivity contribution < 1.29 is 19.4 Å². The van der Waals surface area contributed by atoms with E-state index in [2.05, 4.69) is 13.8 Å². The number of ether oxygens (including phenoxy) is 1. The van der Waals surface area contributed by atoms with Gasteiger partial charge in [0.1, 0.15) is 11.5 Å². The number of fused-ring (bicyclic) bond motifs is 3. The standard InChI is InChI=1S/C22H20O4/c1-11(2)12-7-8-14-13(9-12)10-16-19(21(14)24)22(25)18-15(20(16)23)5-4-6-17(18)26-3/h4-6,9-11,24H,7-8H2,1-3H3. The number of benzene rings is 2. The van der Waals surface area contributed by atoms with Gasteiger partial charge in [-0.3, -0.25) is 9.59 Å². The second-order valence-corrected chi connectivity index (χ2v) is 7.13. The molecule has 0 heterocycles. The molecule has 0 spiro atoms. The first-order chi connectivity index (χ1) is 12.4. The Labute approximate surface area is 152 Å². The van der Waals surface area contributed by atoms with Crippen LogP contribution >= 0.6 is 0 Å². The van der Waals surface area contributed by atoms with Crippen molar-refractivity contribution in [2.45, 2.75) is 26.7 Å². The molecule has 0 saturated carbocycles. The van der Waals surface area contributed by atoms with E-state index >= 15 is 0 Å². The van der Waals surface area contributed by atoms with Crippen LogP contribution in [0.4, 0.5) is 0 Å². The van der Waals surface area contributed by atoms with Crippen molar-refractivity contribution in [3.05, 3.63) is 63.2 Å². The topological polar surface area (TPSA) is 63.6 Å². The van der Waals surface area contributed by atoms with Crippen molar-refractivity contribution >= 4 is 17.6 Å². The average molecular weight is 348 g/mol. The molecule has 4 nitrogen and oxygen atoms in total. The monoisotopic (exact) mass is 348 g/mol. The molecule has 132 valence electrons. The minimum atomic E-state index is -0.356. The van der Waals surface area contributed by atoms with Crippen LogP contribution in [-0.2, 0) is 6.42 Å². The molecule has 0 fully saturated rings. The number of carbonyl (C=O) groups excluding carboxylic acids is 2. The van der Waals surface area contributed by atoms with Crippen molar-refractivity contribution in [1.29, 1.82) is 0 Å². The first-order valence-corrected chi connectivity index (χ1v) is 8.79.